The van der Waals surface area contributed by atoms with E-state index in [1.165, 1.54) is 6.20 Å². The molecule has 0 aliphatic rings. The Hall–Kier alpha value is -0.870. The van der Waals surface area contributed by atoms with Crippen LogP contribution in [0.3, 0.4) is 0 Å². The van der Waals surface area contributed by atoms with Gasteiger partial charge < -0.3 is 5.32 Å². The maximum atomic E-state index is 11.3. The molecule has 0 spiro atoms. The van der Waals surface area contributed by atoms with Gasteiger partial charge in [-0.3, -0.25) is 4.79 Å². The normalized spacial score (nSPS) is 10.4. The number of hydrogen-bond donors (Lipinski definition) is 1. The predicted octanol–water partition coefficient (Wildman–Crippen LogP) is 2.38. The molecule has 0 saturated carbocycles. The smallest absolute Gasteiger partial charge is 0.227 e. The highest BCUT2D eigenvalue weighted by molar-refractivity contribution is 6.34. The number of rotatable bonds is 2. The summed E-state index contributed by atoms with van der Waals surface area (Å²) in [7, 11) is 0. The molecule has 1 aromatic heterocycles. The summed E-state index contributed by atoms with van der Waals surface area (Å²) in [6, 6.07) is 0. The van der Waals surface area contributed by atoms with Crippen LogP contribution in [0.4, 0.5) is 5.69 Å². The van der Waals surface area contributed by atoms with Crippen LogP contribution in [0.1, 0.15) is 13.8 Å². The van der Waals surface area contributed by atoms with Gasteiger partial charge in [0.25, 0.3) is 0 Å². The van der Waals surface area contributed by atoms with Gasteiger partial charge in [0.15, 0.2) is 5.15 Å². The van der Waals surface area contributed by atoms with E-state index in [-0.39, 0.29) is 22.3 Å². The van der Waals surface area contributed by atoms with Gasteiger partial charge in [-0.2, -0.15) is 0 Å². The fourth-order valence-corrected chi connectivity index (χ4v) is 1.05. The molecule has 0 atom stereocenters. The first kappa shape index (κ1) is 11.2. The summed E-state index contributed by atoms with van der Waals surface area (Å²) >= 11 is 11.2. The molecule has 0 saturated heterocycles. The van der Waals surface area contributed by atoms with Gasteiger partial charge in [0, 0.05) is 5.92 Å². The van der Waals surface area contributed by atoms with Crippen LogP contribution in [-0.4, -0.2) is 15.9 Å². The average molecular weight is 234 g/mol. The Labute approximate surface area is 91.6 Å². The summed E-state index contributed by atoms with van der Waals surface area (Å²) in [6.45, 7) is 3.56. The molecule has 4 nitrogen and oxygen atoms in total. The molecule has 1 aromatic rings. The third-order valence-corrected chi connectivity index (χ3v) is 1.97. The maximum Gasteiger partial charge on any atom is 0.227 e. The van der Waals surface area contributed by atoms with E-state index in [4.69, 9.17) is 23.2 Å². The Balaban J connectivity index is 2.82. The lowest BCUT2D eigenvalue weighted by Gasteiger charge is -2.07. The topological polar surface area (TPSA) is 54.9 Å². The second kappa shape index (κ2) is 4.57. The Morgan fingerprint density at radius 2 is 2.14 bits per heavy atom. The minimum Gasteiger partial charge on any atom is -0.322 e. The summed E-state index contributed by atoms with van der Waals surface area (Å²) in [6.07, 6.45) is 1.37. The number of nitrogens with one attached hydrogen (secondary N) is 1. The lowest BCUT2D eigenvalue weighted by Crippen LogP contribution is -2.18. The van der Waals surface area contributed by atoms with Crippen molar-refractivity contribution in [2.24, 2.45) is 5.92 Å². The van der Waals surface area contributed by atoms with Crippen LogP contribution < -0.4 is 5.32 Å². The zero-order chi connectivity index (χ0) is 10.7. The van der Waals surface area contributed by atoms with Gasteiger partial charge in [-0.05, 0) is 11.6 Å². The molecular formula is C8H9Cl2N3O. The molecule has 0 fully saturated rings. The molecule has 1 heterocycles. The molecule has 0 aliphatic carbocycles. The van der Waals surface area contributed by atoms with Gasteiger partial charge in [0.05, 0.1) is 11.9 Å². The van der Waals surface area contributed by atoms with E-state index in [2.05, 4.69) is 15.3 Å². The van der Waals surface area contributed by atoms with Gasteiger partial charge in [0.2, 0.25) is 11.2 Å². The van der Waals surface area contributed by atoms with Crippen molar-refractivity contribution in [3.63, 3.8) is 0 Å². The van der Waals surface area contributed by atoms with E-state index < -0.39 is 0 Å². The molecule has 0 bridgehead atoms. The van der Waals surface area contributed by atoms with Crippen LogP contribution in [0, 0.1) is 5.92 Å². The summed E-state index contributed by atoms with van der Waals surface area (Å²) < 4.78 is 0. The van der Waals surface area contributed by atoms with Crippen molar-refractivity contribution in [2.75, 3.05) is 5.32 Å². The van der Waals surface area contributed by atoms with Crippen LogP contribution in [0.5, 0.6) is 0 Å². The fraction of sp³-hybridized carbons (Fsp3) is 0.375. The molecule has 76 valence electrons. The summed E-state index contributed by atoms with van der Waals surface area (Å²) in [5.41, 5.74) is 0.370. The van der Waals surface area contributed by atoms with Crippen molar-refractivity contribution in [1.82, 2.24) is 9.97 Å². The lowest BCUT2D eigenvalue weighted by atomic mass is 10.2. The molecule has 1 amide bonds. The van der Waals surface area contributed by atoms with Gasteiger partial charge in [-0.25, -0.2) is 9.97 Å². The van der Waals surface area contributed by atoms with Crippen molar-refractivity contribution >= 4 is 34.8 Å². The van der Waals surface area contributed by atoms with E-state index >= 15 is 0 Å². The van der Waals surface area contributed by atoms with Crippen LogP contribution in [0.15, 0.2) is 6.20 Å². The third-order valence-electron chi connectivity index (χ3n) is 1.50. The molecule has 1 N–H and O–H groups in total. The number of anilines is 1. The number of hydrogen-bond acceptors (Lipinski definition) is 3. The first-order valence-electron chi connectivity index (χ1n) is 3.99. The average Bonchev–Trinajstić information content (AvgIpc) is 2.09. The molecule has 14 heavy (non-hydrogen) atoms. The Morgan fingerprint density at radius 3 is 2.64 bits per heavy atom. The second-order valence-corrected chi connectivity index (χ2v) is 3.68. The molecule has 0 unspecified atom stereocenters. The van der Waals surface area contributed by atoms with Gasteiger partial charge >= 0.3 is 0 Å². The van der Waals surface area contributed by atoms with Crippen LogP contribution in [0.25, 0.3) is 0 Å². The van der Waals surface area contributed by atoms with E-state index in [0.29, 0.717) is 5.69 Å². The highest BCUT2D eigenvalue weighted by Crippen LogP contribution is 2.19. The van der Waals surface area contributed by atoms with Gasteiger partial charge in [-0.1, -0.05) is 25.4 Å². The molecule has 6 heteroatoms. The van der Waals surface area contributed by atoms with Crippen molar-refractivity contribution < 1.29 is 4.79 Å². The molecular weight excluding hydrogens is 225 g/mol. The maximum absolute atomic E-state index is 11.3. The Bertz CT molecular complexity index is 354. The molecule has 1 rings (SSSR count). The second-order valence-electron chi connectivity index (χ2n) is 2.99. The molecule has 0 aromatic carbocycles. The fourth-order valence-electron chi connectivity index (χ4n) is 0.702. The van der Waals surface area contributed by atoms with Gasteiger partial charge in [-0.15, -0.1) is 0 Å². The SMILES string of the molecule is CC(C)C(=O)Nc1cnc(Cl)nc1Cl. The standard InChI is InChI=1S/C8H9Cl2N3O/c1-4(2)7(14)12-5-3-11-8(10)13-6(5)9/h3-4H,1-2H3,(H,12,14). The van der Waals surface area contributed by atoms with Crippen LogP contribution in [-0.2, 0) is 4.79 Å². The Morgan fingerprint density at radius 1 is 1.50 bits per heavy atom. The number of carbonyl (C=O) groups is 1. The van der Waals surface area contributed by atoms with Crippen molar-refractivity contribution in [3.8, 4) is 0 Å². The zero-order valence-corrected chi connectivity index (χ0v) is 9.23. The number of nitrogens with zero attached hydrogens (tertiary/aromatic N) is 2. The van der Waals surface area contributed by atoms with Crippen LogP contribution >= 0.6 is 23.2 Å². The number of aromatic nitrogens is 2. The zero-order valence-electron chi connectivity index (χ0n) is 7.71. The van der Waals surface area contributed by atoms with Gasteiger partial charge in [0.1, 0.15) is 0 Å². The minimum absolute atomic E-state index is 0.0533. The molecule has 0 radical (unpaired) electrons. The van der Waals surface area contributed by atoms with Crippen LogP contribution in [0.2, 0.25) is 10.4 Å². The van der Waals surface area contributed by atoms with E-state index in [9.17, 15) is 4.79 Å². The van der Waals surface area contributed by atoms with E-state index in [1.807, 2.05) is 0 Å². The number of halogens is 2. The molecule has 0 aliphatic heterocycles. The minimum atomic E-state index is -0.141. The lowest BCUT2D eigenvalue weighted by molar-refractivity contribution is -0.118. The van der Waals surface area contributed by atoms with Crippen molar-refractivity contribution in [2.45, 2.75) is 13.8 Å². The Kier molecular flexibility index (Phi) is 3.66. The highest BCUT2D eigenvalue weighted by atomic mass is 35.5. The summed E-state index contributed by atoms with van der Waals surface area (Å²) in [5.74, 6) is -0.264. The number of carbonyl (C=O) groups excluding carboxylic acids is 1. The quantitative estimate of drug-likeness (QED) is 0.631. The highest BCUT2D eigenvalue weighted by Gasteiger charge is 2.10. The largest absolute Gasteiger partial charge is 0.322 e. The summed E-state index contributed by atoms with van der Waals surface area (Å²) in [4.78, 5) is 18.7. The van der Waals surface area contributed by atoms with E-state index in [0.717, 1.165) is 0 Å². The first-order chi connectivity index (χ1) is 6.50. The van der Waals surface area contributed by atoms with E-state index in [1.54, 1.807) is 13.8 Å². The third kappa shape index (κ3) is 2.82. The monoisotopic (exact) mass is 233 g/mol. The summed E-state index contributed by atoms with van der Waals surface area (Å²) in [5, 5.41) is 2.77. The first-order valence-corrected chi connectivity index (χ1v) is 4.75. The van der Waals surface area contributed by atoms with Crippen molar-refractivity contribution in [1.29, 1.82) is 0 Å². The van der Waals surface area contributed by atoms with Crippen molar-refractivity contribution in [3.05, 3.63) is 16.6 Å². The number of amides is 1. The predicted molar refractivity (Wildman–Crippen MR) is 55.5 cm³/mol.